The summed E-state index contributed by atoms with van der Waals surface area (Å²) in [7, 11) is 0. The minimum absolute atomic E-state index is 0.237. The quantitative estimate of drug-likeness (QED) is 0.350. The molecule has 0 amide bonds. The number of hydrogen-bond donors (Lipinski definition) is 1. The Bertz CT molecular complexity index is 532. The van der Waals surface area contributed by atoms with Crippen molar-refractivity contribution in [2.75, 3.05) is 6.61 Å². The van der Waals surface area contributed by atoms with Crippen LogP contribution in [0.25, 0.3) is 6.08 Å². The predicted octanol–water partition coefficient (Wildman–Crippen LogP) is 5.66. The second-order valence-corrected chi connectivity index (χ2v) is 5.31. The first-order valence-electron chi connectivity index (χ1n) is 8.80. The lowest BCUT2D eigenvalue weighted by atomic mass is 10.2. The third kappa shape index (κ3) is 17.7. The summed E-state index contributed by atoms with van der Waals surface area (Å²) >= 11 is 0. The molecule has 0 aliphatic carbocycles. The van der Waals surface area contributed by atoms with Crippen LogP contribution >= 0.6 is 0 Å². The van der Waals surface area contributed by atoms with E-state index in [9.17, 15) is 9.59 Å². The van der Waals surface area contributed by atoms with Crippen LogP contribution in [0.5, 0.6) is 0 Å². The van der Waals surface area contributed by atoms with Gasteiger partial charge in [0.05, 0.1) is 6.61 Å². The molecular formula is C22H32O4. The number of carbonyl (C=O) groups excluding carboxylic acids is 1. The van der Waals surface area contributed by atoms with E-state index in [1.165, 1.54) is 18.4 Å². The first kappa shape index (κ1) is 25.6. The van der Waals surface area contributed by atoms with Gasteiger partial charge in [0.2, 0.25) is 0 Å². The van der Waals surface area contributed by atoms with Gasteiger partial charge in [-0.05, 0) is 18.4 Å². The molecule has 0 saturated carbocycles. The van der Waals surface area contributed by atoms with Crippen LogP contribution in [0.3, 0.4) is 0 Å². The van der Waals surface area contributed by atoms with Gasteiger partial charge in [-0.2, -0.15) is 0 Å². The van der Waals surface area contributed by atoms with Crippen LogP contribution in [0, 0.1) is 0 Å². The van der Waals surface area contributed by atoms with Gasteiger partial charge in [0.15, 0.2) is 0 Å². The summed E-state index contributed by atoms with van der Waals surface area (Å²) in [5, 5.41) is 7.60. The summed E-state index contributed by atoms with van der Waals surface area (Å²) in [5.41, 5.74) is 1.74. The number of ether oxygens (including phenoxy) is 1. The second kappa shape index (κ2) is 18.7. The van der Waals surface area contributed by atoms with E-state index in [1.807, 2.05) is 43.3 Å². The van der Waals surface area contributed by atoms with E-state index in [-0.39, 0.29) is 5.97 Å². The average molecular weight is 360 g/mol. The summed E-state index contributed by atoms with van der Waals surface area (Å²) in [5.74, 6) is -1.22. The smallest absolute Gasteiger partial charge is 0.333 e. The fourth-order valence-corrected chi connectivity index (χ4v) is 1.53. The molecule has 4 heteroatoms. The molecule has 4 nitrogen and oxygen atoms in total. The first-order valence-corrected chi connectivity index (χ1v) is 8.80. The maximum atomic E-state index is 11.1. The van der Waals surface area contributed by atoms with Crippen LogP contribution in [0.2, 0.25) is 0 Å². The summed E-state index contributed by atoms with van der Waals surface area (Å²) in [6.45, 7) is 14.8. The molecule has 1 N–H and O–H groups in total. The van der Waals surface area contributed by atoms with Gasteiger partial charge in [-0.1, -0.05) is 89.3 Å². The number of aliphatic carboxylic acids is 1. The fourth-order valence-electron chi connectivity index (χ4n) is 1.53. The van der Waals surface area contributed by atoms with Crippen LogP contribution in [-0.2, 0) is 14.3 Å². The predicted molar refractivity (Wildman–Crippen MR) is 109 cm³/mol. The standard InChI is InChI=1S/C11H20O2.C8H8.C3H4O2/c1-4-6-7-8-9-13-11(12)10(3)5-2;1-2-8-6-4-3-5-7-8;1-2-3(4)5/h3-9H2,1-2H3;2-7H,1H2;2H,1H2,(H,4,5). The second-order valence-electron chi connectivity index (χ2n) is 5.31. The van der Waals surface area contributed by atoms with Crippen LogP contribution in [0.1, 0.15) is 51.5 Å². The largest absolute Gasteiger partial charge is 0.478 e. The Hall–Kier alpha value is -2.62. The molecule has 1 aromatic carbocycles. The van der Waals surface area contributed by atoms with Gasteiger partial charge in [0.25, 0.3) is 0 Å². The molecule has 0 radical (unpaired) electrons. The number of esters is 1. The third-order valence-electron chi connectivity index (χ3n) is 3.16. The maximum absolute atomic E-state index is 11.1. The highest BCUT2D eigenvalue weighted by molar-refractivity contribution is 5.87. The summed E-state index contributed by atoms with van der Waals surface area (Å²) in [4.78, 5) is 20.3. The SMILES string of the molecule is C=C(CC)C(=O)OCCCCCC.C=CC(=O)O.C=Cc1ccccc1. The van der Waals surface area contributed by atoms with Crippen LogP contribution < -0.4 is 0 Å². The Balaban J connectivity index is 0. The average Bonchev–Trinajstić information content (AvgIpc) is 2.68. The highest BCUT2D eigenvalue weighted by atomic mass is 16.5. The molecular weight excluding hydrogens is 328 g/mol. The molecule has 1 rings (SSSR count). The zero-order valence-electron chi connectivity index (χ0n) is 16.1. The van der Waals surface area contributed by atoms with E-state index in [4.69, 9.17) is 9.84 Å². The number of carboxylic acids is 1. The molecule has 0 aromatic heterocycles. The van der Waals surface area contributed by atoms with Gasteiger partial charge in [0.1, 0.15) is 0 Å². The van der Waals surface area contributed by atoms with Gasteiger partial charge in [-0.25, -0.2) is 9.59 Å². The first-order chi connectivity index (χ1) is 12.4. The van der Waals surface area contributed by atoms with E-state index < -0.39 is 5.97 Å². The number of rotatable bonds is 9. The van der Waals surface area contributed by atoms with E-state index in [0.717, 1.165) is 18.9 Å². The lowest BCUT2D eigenvalue weighted by Crippen LogP contribution is -2.07. The number of hydrogen-bond acceptors (Lipinski definition) is 3. The summed E-state index contributed by atoms with van der Waals surface area (Å²) in [6.07, 6.45) is 7.87. The molecule has 144 valence electrons. The fraction of sp³-hybridized carbons (Fsp3) is 0.364. The topological polar surface area (TPSA) is 63.6 Å². The van der Waals surface area contributed by atoms with Gasteiger partial charge in [-0.15, -0.1) is 0 Å². The van der Waals surface area contributed by atoms with E-state index in [0.29, 0.717) is 18.6 Å². The van der Waals surface area contributed by atoms with Crippen molar-refractivity contribution in [2.45, 2.75) is 46.0 Å². The lowest BCUT2D eigenvalue weighted by molar-refractivity contribution is -0.139. The minimum atomic E-state index is -0.981. The molecule has 0 aliphatic rings. The molecule has 0 saturated heterocycles. The molecule has 0 aliphatic heterocycles. The number of unbranched alkanes of at least 4 members (excludes halogenated alkanes) is 3. The highest BCUT2D eigenvalue weighted by Gasteiger charge is 2.04. The van der Waals surface area contributed by atoms with Gasteiger partial charge >= 0.3 is 11.9 Å². The number of benzene rings is 1. The zero-order valence-corrected chi connectivity index (χ0v) is 16.1. The molecule has 0 unspecified atom stereocenters. The molecule has 0 bridgehead atoms. The molecule has 0 heterocycles. The molecule has 0 fully saturated rings. The monoisotopic (exact) mass is 360 g/mol. The van der Waals surface area contributed by atoms with E-state index in [1.54, 1.807) is 0 Å². The van der Waals surface area contributed by atoms with E-state index in [2.05, 4.69) is 26.7 Å². The van der Waals surface area contributed by atoms with Gasteiger partial charge in [0, 0.05) is 11.6 Å². The molecule has 0 spiro atoms. The van der Waals surface area contributed by atoms with Crippen molar-refractivity contribution in [2.24, 2.45) is 0 Å². The van der Waals surface area contributed by atoms with Crippen molar-refractivity contribution < 1.29 is 19.4 Å². The summed E-state index contributed by atoms with van der Waals surface area (Å²) < 4.78 is 5.00. The van der Waals surface area contributed by atoms with Crippen LogP contribution in [-0.4, -0.2) is 23.7 Å². The Morgan fingerprint density at radius 1 is 1.08 bits per heavy atom. The van der Waals surface area contributed by atoms with Gasteiger partial charge < -0.3 is 9.84 Å². The number of carboxylic acid groups (broad SMARTS) is 1. The molecule has 0 atom stereocenters. The Morgan fingerprint density at radius 2 is 1.65 bits per heavy atom. The summed E-state index contributed by atoms with van der Waals surface area (Å²) in [6, 6.07) is 10.0. The zero-order chi connectivity index (χ0) is 20.2. The third-order valence-corrected chi connectivity index (χ3v) is 3.16. The molecule has 1 aromatic rings. The molecule has 26 heavy (non-hydrogen) atoms. The Kier molecular flexibility index (Phi) is 18.4. The maximum Gasteiger partial charge on any atom is 0.333 e. The lowest BCUT2D eigenvalue weighted by Gasteiger charge is -2.04. The highest BCUT2D eigenvalue weighted by Crippen LogP contribution is 2.03. The van der Waals surface area contributed by atoms with Crippen molar-refractivity contribution in [1.29, 1.82) is 0 Å². The minimum Gasteiger partial charge on any atom is -0.478 e. The normalized spacial score (nSPS) is 8.69. The van der Waals surface area contributed by atoms with Crippen molar-refractivity contribution in [3.8, 4) is 0 Å². The van der Waals surface area contributed by atoms with Crippen molar-refractivity contribution in [3.05, 3.63) is 67.3 Å². The van der Waals surface area contributed by atoms with Gasteiger partial charge in [-0.3, -0.25) is 0 Å². The van der Waals surface area contributed by atoms with Crippen LogP contribution in [0.15, 0.2) is 61.7 Å². The van der Waals surface area contributed by atoms with Crippen molar-refractivity contribution in [3.63, 3.8) is 0 Å². The Labute approximate surface area is 157 Å². The number of carbonyl (C=O) groups is 2. The van der Waals surface area contributed by atoms with E-state index >= 15 is 0 Å². The van der Waals surface area contributed by atoms with Crippen molar-refractivity contribution >= 4 is 18.0 Å². The Morgan fingerprint density at radius 3 is 2.04 bits per heavy atom. The van der Waals surface area contributed by atoms with Crippen molar-refractivity contribution in [1.82, 2.24) is 0 Å². The van der Waals surface area contributed by atoms with Crippen LogP contribution in [0.4, 0.5) is 0 Å².